The minimum Gasteiger partial charge on any atom is -0.371 e. The molecular formula is C22H31NO4S. The van der Waals surface area contributed by atoms with Crippen molar-refractivity contribution >= 4 is 16.1 Å². The van der Waals surface area contributed by atoms with E-state index < -0.39 is 10.3 Å². The van der Waals surface area contributed by atoms with Gasteiger partial charge in [0.15, 0.2) is 0 Å². The lowest BCUT2D eigenvalue weighted by atomic mass is 9.55. The Morgan fingerprint density at radius 2 is 1.89 bits per heavy atom. The Balaban J connectivity index is 1.58. The van der Waals surface area contributed by atoms with Gasteiger partial charge in [0.05, 0.1) is 0 Å². The fourth-order valence-corrected chi connectivity index (χ4v) is 7.18. The summed E-state index contributed by atoms with van der Waals surface area (Å²) in [5.41, 5.74) is 2.44. The standard InChI is InChI=1S/C22H31NO4S/c1-4-23(5-2)28(25,26)27-16-7-9-17-15(14-16)6-8-19-18(17)12-13-22(3)20(19)10-11-21(22)24/h7,9,14,18-20H,4-6,8,10-13H2,1-3H3/t18?,19?,20?,22-/m0/s1. The number of hydrogen-bond donors (Lipinski definition) is 0. The number of aryl methyl sites for hydroxylation is 1. The second-order valence-corrected chi connectivity index (χ2v) is 10.4. The summed E-state index contributed by atoms with van der Waals surface area (Å²) < 4.78 is 31.6. The average molecular weight is 406 g/mol. The van der Waals surface area contributed by atoms with E-state index in [0.29, 0.717) is 42.4 Å². The number of carbonyl (C=O) groups excluding carboxylic acids is 1. The molecule has 0 amide bonds. The molecule has 6 heteroatoms. The molecule has 0 aromatic heterocycles. The van der Waals surface area contributed by atoms with Crippen molar-refractivity contribution in [2.45, 2.75) is 65.2 Å². The molecule has 0 N–H and O–H groups in total. The maximum atomic E-state index is 12.5. The van der Waals surface area contributed by atoms with E-state index >= 15 is 0 Å². The third-order valence-electron chi connectivity index (χ3n) is 7.63. The van der Waals surface area contributed by atoms with Gasteiger partial charge in [0.1, 0.15) is 11.5 Å². The molecule has 5 nitrogen and oxygen atoms in total. The summed E-state index contributed by atoms with van der Waals surface area (Å²) in [5, 5.41) is 0. The molecule has 2 saturated carbocycles. The third-order valence-corrected chi connectivity index (χ3v) is 9.18. The number of Topliss-reactive ketones (excluding diaryl/α,β-unsaturated/α-hetero) is 1. The quantitative estimate of drug-likeness (QED) is 0.740. The lowest BCUT2D eigenvalue weighted by Gasteiger charge is -2.48. The summed E-state index contributed by atoms with van der Waals surface area (Å²) in [6.07, 6.45) is 5.82. The predicted molar refractivity (Wildman–Crippen MR) is 109 cm³/mol. The van der Waals surface area contributed by atoms with Crippen molar-refractivity contribution < 1.29 is 17.4 Å². The first kappa shape index (κ1) is 19.9. The smallest absolute Gasteiger partial charge is 0.371 e. The zero-order valence-electron chi connectivity index (χ0n) is 17.1. The van der Waals surface area contributed by atoms with E-state index in [1.54, 1.807) is 6.07 Å². The van der Waals surface area contributed by atoms with Gasteiger partial charge in [0.2, 0.25) is 0 Å². The summed E-state index contributed by atoms with van der Waals surface area (Å²) in [6, 6.07) is 5.79. The van der Waals surface area contributed by atoms with Crippen LogP contribution >= 0.6 is 0 Å². The molecule has 4 rings (SSSR count). The normalized spacial score (nSPS) is 32.0. The van der Waals surface area contributed by atoms with E-state index in [9.17, 15) is 13.2 Å². The van der Waals surface area contributed by atoms with Crippen molar-refractivity contribution in [3.63, 3.8) is 0 Å². The summed E-state index contributed by atoms with van der Waals surface area (Å²) >= 11 is 0. The van der Waals surface area contributed by atoms with Gasteiger partial charge in [-0.25, -0.2) is 0 Å². The Bertz CT molecular complexity index is 877. The Hall–Kier alpha value is -1.40. The van der Waals surface area contributed by atoms with Crippen molar-refractivity contribution in [3.8, 4) is 5.75 Å². The molecule has 1 aromatic carbocycles. The molecule has 0 spiro atoms. The van der Waals surface area contributed by atoms with Crippen molar-refractivity contribution in [2.75, 3.05) is 13.1 Å². The Morgan fingerprint density at radius 3 is 2.61 bits per heavy atom. The van der Waals surface area contributed by atoms with Gasteiger partial charge < -0.3 is 4.18 Å². The second kappa shape index (κ2) is 7.13. The fraction of sp³-hybridized carbons (Fsp3) is 0.682. The molecule has 4 atom stereocenters. The highest BCUT2D eigenvalue weighted by atomic mass is 32.2. The van der Waals surface area contributed by atoms with Crippen LogP contribution in [0.4, 0.5) is 0 Å². The van der Waals surface area contributed by atoms with Crippen LogP contribution in [0.25, 0.3) is 0 Å². The van der Waals surface area contributed by atoms with Gasteiger partial charge in [0.25, 0.3) is 0 Å². The highest BCUT2D eigenvalue weighted by Gasteiger charge is 2.54. The average Bonchev–Trinajstić information content (AvgIpc) is 2.96. The molecule has 2 fully saturated rings. The number of rotatable bonds is 5. The maximum absolute atomic E-state index is 12.5. The lowest BCUT2D eigenvalue weighted by Crippen LogP contribution is -2.42. The van der Waals surface area contributed by atoms with Crippen molar-refractivity contribution in [2.24, 2.45) is 17.3 Å². The first-order chi connectivity index (χ1) is 13.3. The lowest BCUT2D eigenvalue weighted by molar-refractivity contribution is -0.129. The van der Waals surface area contributed by atoms with Gasteiger partial charge in [0, 0.05) is 24.9 Å². The van der Waals surface area contributed by atoms with Crippen LogP contribution < -0.4 is 4.18 Å². The third kappa shape index (κ3) is 3.09. The highest BCUT2D eigenvalue weighted by molar-refractivity contribution is 7.84. The number of ketones is 1. The van der Waals surface area contributed by atoms with E-state index in [-0.39, 0.29) is 5.41 Å². The summed E-state index contributed by atoms with van der Waals surface area (Å²) in [5.74, 6) is 2.43. The highest BCUT2D eigenvalue weighted by Crippen LogP contribution is 2.59. The van der Waals surface area contributed by atoms with Gasteiger partial charge >= 0.3 is 10.3 Å². The Kier molecular flexibility index (Phi) is 5.07. The van der Waals surface area contributed by atoms with Gasteiger partial charge in [-0.1, -0.05) is 26.8 Å². The summed E-state index contributed by atoms with van der Waals surface area (Å²) in [4.78, 5) is 12.5. The molecule has 0 aliphatic heterocycles. The zero-order chi connectivity index (χ0) is 20.1. The number of carbonyl (C=O) groups is 1. The van der Waals surface area contributed by atoms with Crippen molar-refractivity contribution in [1.82, 2.24) is 4.31 Å². The number of nitrogens with zero attached hydrogens (tertiary/aromatic N) is 1. The monoisotopic (exact) mass is 405 g/mol. The molecule has 0 bridgehead atoms. The van der Waals surface area contributed by atoms with Gasteiger partial charge in [-0.3, -0.25) is 4.79 Å². The van der Waals surface area contributed by atoms with Crippen LogP contribution in [0.3, 0.4) is 0 Å². The molecule has 28 heavy (non-hydrogen) atoms. The first-order valence-corrected chi connectivity index (χ1v) is 12.0. The first-order valence-electron chi connectivity index (χ1n) is 10.7. The molecule has 154 valence electrons. The van der Waals surface area contributed by atoms with Crippen LogP contribution in [-0.4, -0.2) is 31.6 Å². The van der Waals surface area contributed by atoms with Gasteiger partial charge in [-0.05, 0) is 73.1 Å². The molecule has 0 saturated heterocycles. The molecule has 3 aliphatic rings. The maximum Gasteiger partial charge on any atom is 0.385 e. The van der Waals surface area contributed by atoms with Crippen molar-refractivity contribution in [1.29, 1.82) is 0 Å². The van der Waals surface area contributed by atoms with Crippen molar-refractivity contribution in [3.05, 3.63) is 29.3 Å². The van der Waals surface area contributed by atoms with Crippen LogP contribution in [0.2, 0.25) is 0 Å². The molecule has 0 heterocycles. The van der Waals surface area contributed by atoms with Crippen LogP contribution in [0.5, 0.6) is 5.75 Å². The zero-order valence-corrected chi connectivity index (χ0v) is 17.9. The molecule has 3 aliphatic carbocycles. The van der Waals surface area contributed by atoms with Crippen LogP contribution in [-0.2, 0) is 21.5 Å². The topological polar surface area (TPSA) is 63.7 Å². The van der Waals surface area contributed by atoms with E-state index in [4.69, 9.17) is 4.18 Å². The van der Waals surface area contributed by atoms with Gasteiger partial charge in [-0.2, -0.15) is 12.7 Å². The summed E-state index contributed by atoms with van der Waals surface area (Å²) in [6.45, 7) is 6.59. The molecular weight excluding hydrogens is 374 g/mol. The van der Waals surface area contributed by atoms with Gasteiger partial charge in [-0.15, -0.1) is 0 Å². The SMILES string of the molecule is CCN(CC)S(=O)(=O)Oc1ccc2c(c1)CCC1C2CC[C@]2(C)C(=O)CCC12. The summed E-state index contributed by atoms with van der Waals surface area (Å²) in [7, 11) is -3.76. The van der Waals surface area contributed by atoms with E-state index in [0.717, 1.165) is 38.5 Å². The van der Waals surface area contributed by atoms with Crippen LogP contribution in [0, 0.1) is 17.3 Å². The number of fused-ring (bicyclic) bond motifs is 5. The Labute approximate surface area is 168 Å². The van der Waals surface area contributed by atoms with E-state index in [2.05, 4.69) is 13.0 Å². The number of benzene rings is 1. The van der Waals surface area contributed by atoms with E-state index in [1.165, 1.54) is 15.4 Å². The van der Waals surface area contributed by atoms with E-state index in [1.807, 2.05) is 19.9 Å². The fourth-order valence-electron chi connectivity index (χ4n) is 6.10. The second-order valence-electron chi connectivity index (χ2n) is 8.82. The molecule has 1 aromatic rings. The van der Waals surface area contributed by atoms with Crippen LogP contribution in [0.15, 0.2) is 18.2 Å². The number of hydrogen-bond acceptors (Lipinski definition) is 4. The van der Waals surface area contributed by atoms with Crippen LogP contribution in [0.1, 0.15) is 69.9 Å². The minimum atomic E-state index is -3.76. The molecule has 0 radical (unpaired) electrons. The Morgan fingerprint density at radius 1 is 1.14 bits per heavy atom. The molecule has 3 unspecified atom stereocenters. The largest absolute Gasteiger partial charge is 0.385 e. The predicted octanol–water partition coefficient (Wildman–Crippen LogP) is 4.08. The minimum absolute atomic E-state index is 0.112.